The quantitative estimate of drug-likeness (QED) is 0.123. The Labute approximate surface area is 361 Å². The second kappa shape index (κ2) is 17.1. The molecule has 0 N–H and O–H groups in total. The standard InChI is InChI=1S/C33H26NO.C19H26GeN.Ir/c1-21(2)24-15-16-34-31(19-24)28-14-8-13-27-30-17-22(3)29(20-32(30)35-33(27)28)26-12-7-11-25(18-26)23-9-5-4-6-10-23;1-14-11-18(21-13-17(14)20(5,6)7)15-9-8-10-16(12-15)19(2,3)4;/h4-13,15-21H,1-3H3;8,10-13H,1-7H3;/q2*-1;/i3D3,21D;;. The number of fused-ring (bicyclic) bond motifs is 3. The zero-order valence-electron chi connectivity index (χ0n) is 38.3. The zero-order valence-corrected chi connectivity index (χ0v) is 38.8. The maximum absolute atomic E-state index is 8.43. The van der Waals surface area contributed by atoms with Crippen molar-refractivity contribution in [3.63, 3.8) is 0 Å². The fourth-order valence-corrected chi connectivity index (χ4v) is 10.7. The average Bonchev–Trinajstić information content (AvgIpc) is 3.58. The van der Waals surface area contributed by atoms with Crippen molar-refractivity contribution in [1.82, 2.24) is 9.97 Å². The first-order valence-electron chi connectivity index (χ1n) is 21.2. The van der Waals surface area contributed by atoms with Crippen LogP contribution in [-0.2, 0) is 25.5 Å². The number of aromatic nitrogens is 2. The minimum absolute atomic E-state index is 0. The van der Waals surface area contributed by atoms with Gasteiger partial charge in [-0.25, -0.2) is 0 Å². The Bertz CT molecular complexity index is 2830. The van der Waals surface area contributed by atoms with Crippen molar-refractivity contribution in [1.29, 1.82) is 0 Å². The number of nitrogens with zero attached hydrogens (tertiary/aromatic N) is 2. The zero-order chi connectivity index (χ0) is 43.2. The fourth-order valence-electron chi connectivity index (χ4n) is 7.16. The normalized spacial score (nSPS) is 13.1. The number of pyridine rings is 2. The van der Waals surface area contributed by atoms with Gasteiger partial charge in [0.1, 0.15) is 5.58 Å². The van der Waals surface area contributed by atoms with Gasteiger partial charge in [0.25, 0.3) is 0 Å². The van der Waals surface area contributed by atoms with E-state index in [4.69, 9.17) is 14.9 Å². The van der Waals surface area contributed by atoms with Gasteiger partial charge in [-0.3, -0.25) is 0 Å². The van der Waals surface area contributed by atoms with Crippen molar-refractivity contribution in [3.8, 4) is 44.8 Å². The molecule has 5 heteroatoms. The van der Waals surface area contributed by atoms with Gasteiger partial charge >= 0.3 is 132 Å². The molecule has 3 heterocycles. The molecule has 0 unspecified atom stereocenters. The van der Waals surface area contributed by atoms with Crippen LogP contribution in [0.4, 0.5) is 0 Å². The number of rotatable bonds is 6. The summed E-state index contributed by atoms with van der Waals surface area (Å²) in [7, 11) is 0. The number of hydrogen-bond acceptors (Lipinski definition) is 3. The number of hydrogen-bond donors (Lipinski definition) is 0. The molecule has 3 nitrogen and oxygen atoms in total. The summed E-state index contributed by atoms with van der Waals surface area (Å²) >= 11 is -1.82. The van der Waals surface area contributed by atoms with Crippen LogP contribution in [0.2, 0.25) is 17.3 Å². The second-order valence-corrected chi connectivity index (χ2v) is 27.4. The molecule has 0 aliphatic carbocycles. The molecule has 3 aromatic heterocycles. The monoisotopic (exact) mass is 991 g/mol. The largest absolute Gasteiger partial charge is 0.501 e. The summed E-state index contributed by atoms with van der Waals surface area (Å²) in [5.41, 5.74) is 12.1. The van der Waals surface area contributed by atoms with E-state index >= 15 is 0 Å². The van der Waals surface area contributed by atoms with E-state index in [1.165, 1.54) is 15.5 Å². The summed E-state index contributed by atoms with van der Waals surface area (Å²) in [4.78, 5) is 9.25. The molecule has 0 bridgehead atoms. The SMILES string of the molecule is Cc1cc(-c2[c-]ccc(C(C)(C)C)c2)nc[c]1[Ge]([CH3])([CH3])[CH3].[2H]C([2H])([2H])c1cc2c(cc1-c1cccc(-c3ccccc3)c1)oc1c(-c3cc(C([2H])(C)C)ccn3)[c-]ccc12.[Ir]. The summed E-state index contributed by atoms with van der Waals surface area (Å²) in [5.74, 6) is 6.46. The fraction of sp³-hybridized carbons (Fsp3) is 0.231. The van der Waals surface area contributed by atoms with Crippen LogP contribution >= 0.6 is 0 Å². The van der Waals surface area contributed by atoms with Gasteiger partial charge in [0.05, 0.1) is 5.58 Å². The Morgan fingerprint density at radius 1 is 0.737 bits per heavy atom. The summed E-state index contributed by atoms with van der Waals surface area (Å²) in [6, 6.07) is 44.1. The van der Waals surface area contributed by atoms with Crippen molar-refractivity contribution in [2.24, 2.45) is 0 Å². The molecule has 8 rings (SSSR count). The molecule has 0 saturated carbocycles. The number of furan rings is 1. The van der Waals surface area contributed by atoms with Crippen LogP contribution in [0.25, 0.3) is 66.7 Å². The van der Waals surface area contributed by atoms with Gasteiger partial charge in [-0.05, 0) is 70.5 Å². The summed E-state index contributed by atoms with van der Waals surface area (Å²) in [6.07, 6.45) is 3.79. The maximum Gasteiger partial charge on any atom is 0.121 e. The first-order valence-corrected chi connectivity index (χ1v) is 26.6. The van der Waals surface area contributed by atoms with Crippen LogP contribution < -0.4 is 4.40 Å². The summed E-state index contributed by atoms with van der Waals surface area (Å²) in [6.45, 7) is 10.3. The van der Waals surface area contributed by atoms with Crippen molar-refractivity contribution in [2.75, 3.05) is 0 Å². The van der Waals surface area contributed by atoms with E-state index in [1.54, 1.807) is 18.3 Å². The molecule has 1 radical (unpaired) electrons. The van der Waals surface area contributed by atoms with Gasteiger partial charge < -0.3 is 9.40 Å². The van der Waals surface area contributed by atoms with Crippen LogP contribution in [-0.4, -0.2) is 23.2 Å². The maximum atomic E-state index is 8.43. The average molecular weight is 990 g/mol. The predicted molar refractivity (Wildman–Crippen MR) is 240 cm³/mol. The van der Waals surface area contributed by atoms with Crippen LogP contribution in [0.3, 0.4) is 0 Å². The molecule has 0 aliphatic rings. The molecule has 0 spiro atoms. The second-order valence-electron chi connectivity index (χ2n) is 16.8. The van der Waals surface area contributed by atoms with Gasteiger partial charge in [-0.15, -0.1) is 18.2 Å². The van der Waals surface area contributed by atoms with Crippen molar-refractivity contribution < 1.29 is 30.0 Å². The summed E-state index contributed by atoms with van der Waals surface area (Å²) < 4.78 is 41.4. The Morgan fingerprint density at radius 2 is 1.47 bits per heavy atom. The molecule has 5 aromatic carbocycles. The van der Waals surface area contributed by atoms with Gasteiger partial charge in [-0.1, -0.05) is 85.0 Å². The van der Waals surface area contributed by atoms with Crippen molar-refractivity contribution >= 4 is 39.6 Å². The Hall–Kier alpha value is -4.61. The topological polar surface area (TPSA) is 38.9 Å². The Balaban J connectivity index is 0.000000240. The molecule has 0 amide bonds. The Morgan fingerprint density at radius 3 is 2.18 bits per heavy atom. The van der Waals surface area contributed by atoms with E-state index in [2.05, 4.69) is 86.5 Å². The molecule has 57 heavy (non-hydrogen) atoms. The van der Waals surface area contributed by atoms with Crippen molar-refractivity contribution in [2.45, 2.75) is 77.0 Å². The molecular weight excluding hydrogens is 933 g/mol. The van der Waals surface area contributed by atoms with E-state index in [0.29, 0.717) is 28.0 Å². The van der Waals surface area contributed by atoms with Crippen LogP contribution in [0, 0.1) is 25.9 Å². The third kappa shape index (κ3) is 9.25. The van der Waals surface area contributed by atoms with Gasteiger partial charge in [0.15, 0.2) is 0 Å². The van der Waals surface area contributed by atoms with Crippen LogP contribution in [0.1, 0.15) is 68.2 Å². The van der Waals surface area contributed by atoms with E-state index < -0.39 is 26.0 Å². The molecule has 0 atom stereocenters. The number of aryl methyl sites for hydroxylation is 2. The van der Waals surface area contributed by atoms with E-state index in [-0.39, 0.29) is 31.1 Å². The third-order valence-corrected chi connectivity index (χ3v) is 14.8. The number of benzene rings is 5. The molecule has 0 saturated heterocycles. The van der Waals surface area contributed by atoms with E-state index in [0.717, 1.165) is 44.3 Å². The molecular formula is C52H52GeIrN2O-2. The minimum atomic E-state index is -2.32. The van der Waals surface area contributed by atoms with Gasteiger partial charge in [0, 0.05) is 37.2 Å². The summed E-state index contributed by atoms with van der Waals surface area (Å²) in [5, 5.41) is 1.53. The van der Waals surface area contributed by atoms with E-state index in [1.807, 2.05) is 98.8 Å². The first-order chi connectivity index (χ1) is 28.2. The van der Waals surface area contributed by atoms with Gasteiger partial charge in [0.2, 0.25) is 0 Å². The molecule has 0 aliphatic heterocycles. The van der Waals surface area contributed by atoms with E-state index in [9.17, 15) is 0 Å². The molecule has 8 aromatic rings. The predicted octanol–water partition coefficient (Wildman–Crippen LogP) is 13.9. The first kappa shape index (κ1) is 36.7. The van der Waals surface area contributed by atoms with Crippen molar-refractivity contribution in [3.05, 3.63) is 162 Å². The molecule has 291 valence electrons. The third-order valence-electron chi connectivity index (χ3n) is 10.3. The minimum Gasteiger partial charge on any atom is -0.501 e. The smallest absolute Gasteiger partial charge is 0.121 e. The molecule has 0 fully saturated rings. The van der Waals surface area contributed by atoms with Gasteiger partial charge in [-0.2, -0.15) is 0 Å². The van der Waals surface area contributed by atoms with Crippen LogP contribution in [0.5, 0.6) is 0 Å². The Kier molecular flexibility index (Phi) is 11.0. The van der Waals surface area contributed by atoms with Crippen LogP contribution in [0.15, 0.2) is 132 Å².